The number of rotatable bonds is 1. The molecule has 4 bridgehead atoms. The summed E-state index contributed by atoms with van der Waals surface area (Å²) in [6.07, 6.45) is 18.5. The minimum atomic E-state index is -0.515. The molecule has 0 spiro atoms. The lowest BCUT2D eigenvalue weighted by atomic mass is 9.71. The van der Waals surface area contributed by atoms with E-state index in [9.17, 15) is 9.90 Å². The van der Waals surface area contributed by atoms with E-state index in [1.54, 1.807) is 0 Å². The molecule has 0 aliphatic heterocycles. The predicted molar refractivity (Wildman–Crippen MR) is 89.7 cm³/mol. The molecule has 126 valence electrons. The first-order valence-corrected chi connectivity index (χ1v) is 9.95. The Hall–Kier alpha value is -0.530. The number of hydrogen-bond donors (Lipinski definition) is 1. The molecule has 3 atom stereocenters. The van der Waals surface area contributed by atoms with Crippen LogP contribution in [0.4, 0.5) is 0 Å². The summed E-state index contributed by atoms with van der Waals surface area (Å²) in [7, 11) is 0. The van der Waals surface area contributed by atoms with E-state index in [1.807, 2.05) is 0 Å². The van der Waals surface area contributed by atoms with Gasteiger partial charge in [0.15, 0.2) is 0 Å². The van der Waals surface area contributed by atoms with Gasteiger partial charge in [-0.15, -0.1) is 0 Å². The first-order chi connectivity index (χ1) is 10.7. The Morgan fingerprint density at radius 3 is 1.86 bits per heavy atom. The Morgan fingerprint density at radius 2 is 1.18 bits per heavy atom. The molecule has 6 fully saturated rings. The Kier molecular flexibility index (Phi) is 5.82. The van der Waals surface area contributed by atoms with Gasteiger partial charge in [-0.2, -0.15) is 0 Å². The second-order valence-corrected chi connectivity index (χ2v) is 8.49. The molecule has 0 aromatic heterocycles. The monoisotopic (exact) mass is 306 g/mol. The molecule has 0 aromatic rings. The lowest BCUT2D eigenvalue weighted by molar-refractivity contribution is -0.146. The van der Waals surface area contributed by atoms with Crippen LogP contribution in [-0.2, 0) is 4.79 Å². The summed E-state index contributed by atoms with van der Waals surface area (Å²) in [6, 6.07) is 0. The van der Waals surface area contributed by atoms with Gasteiger partial charge in [0.25, 0.3) is 0 Å². The van der Waals surface area contributed by atoms with E-state index in [0.29, 0.717) is 11.8 Å². The summed E-state index contributed by atoms with van der Waals surface area (Å²) >= 11 is 0. The van der Waals surface area contributed by atoms with Gasteiger partial charge in [0.1, 0.15) is 0 Å². The number of carbonyl (C=O) groups is 1. The van der Waals surface area contributed by atoms with Crippen LogP contribution in [0.2, 0.25) is 0 Å². The number of carboxylic acid groups (broad SMARTS) is 1. The van der Waals surface area contributed by atoms with Crippen LogP contribution in [-0.4, -0.2) is 11.1 Å². The van der Waals surface area contributed by atoms with Crippen molar-refractivity contribution in [3.63, 3.8) is 0 Å². The number of carboxylic acids is 1. The van der Waals surface area contributed by atoms with E-state index in [-0.39, 0.29) is 5.92 Å². The van der Waals surface area contributed by atoms with Crippen LogP contribution in [0, 0.1) is 29.6 Å². The smallest absolute Gasteiger partial charge is 0.306 e. The molecule has 3 unspecified atom stereocenters. The van der Waals surface area contributed by atoms with Crippen molar-refractivity contribution in [2.45, 2.75) is 89.9 Å². The van der Waals surface area contributed by atoms with Crippen molar-refractivity contribution in [2.75, 3.05) is 0 Å². The fraction of sp³-hybridized carbons (Fsp3) is 0.950. The van der Waals surface area contributed by atoms with Crippen LogP contribution in [0.15, 0.2) is 0 Å². The van der Waals surface area contributed by atoms with Crippen molar-refractivity contribution >= 4 is 5.97 Å². The molecule has 0 heterocycles. The van der Waals surface area contributed by atoms with Crippen LogP contribution in [0.5, 0.6) is 0 Å². The third-order valence-electron chi connectivity index (χ3n) is 7.05. The second-order valence-electron chi connectivity index (χ2n) is 8.49. The van der Waals surface area contributed by atoms with Crippen LogP contribution in [0.25, 0.3) is 0 Å². The minimum absolute atomic E-state index is 0.0411. The fourth-order valence-corrected chi connectivity index (χ4v) is 5.57. The first-order valence-electron chi connectivity index (χ1n) is 9.95. The first kappa shape index (κ1) is 16.3. The molecular weight excluding hydrogens is 272 g/mol. The maximum atomic E-state index is 11.7. The minimum Gasteiger partial charge on any atom is -0.481 e. The normalized spacial score (nSPS) is 40.8. The van der Waals surface area contributed by atoms with Gasteiger partial charge in [-0.1, -0.05) is 70.6 Å². The average molecular weight is 306 g/mol. The largest absolute Gasteiger partial charge is 0.481 e. The summed E-state index contributed by atoms with van der Waals surface area (Å²) in [5, 5.41) is 9.60. The van der Waals surface area contributed by atoms with Crippen molar-refractivity contribution < 1.29 is 9.90 Å². The molecule has 0 amide bonds. The SMILES string of the molecule is O=C(O)C1CC2CCCC3CCC(CCCCC1CC2)CC3. The van der Waals surface area contributed by atoms with E-state index < -0.39 is 5.97 Å². The zero-order valence-corrected chi connectivity index (χ0v) is 14.1. The Bertz CT molecular complexity index is 357. The molecule has 2 nitrogen and oxygen atoms in total. The zero-order valence-electron chi connectivity index (χ0n) is 14.1. The summed E-state index contributed by atoms with van der Waals surface area (Å²) < 4.78 is 0. The van der Waals surface area contributed by atoms with Crippen molar-refractivity contribution in [2.24, 2.45) is 29.6 Å². The van der Waals surface area contributed by atoms with Gasteiger partial charge in [-0.3, -0.25) is 4.79 Å². The lowest BCUT2D eigenvalue weighted by Crippen LogP contribution is -2.31. The third-order valence-corrected chi connectivity index (χ3v) is 7.05. The van der Waals surface area contributed by atoms with E-state index in [2.05, 4.69) is 0 Å². The topological polar surface area (TPSA) is 37.3 Å². The van der Waals surface area contributed by atoms with E-state index in [4.69, 9.17) is 0 Å². The zero-order chi connectivity index (χ0) is 15.4. The number of aliphatic carboxylic acids is 1. The van der Waals surface area contributed by atoms with Gasteiger partial charge in [-0.25, -0.2) is 0 Å². The summed E-state index contributed by atoms with van der Waals surface area (Å²) in [5.74, 6) is 2.56. The van der Waals surface area contributed by atoms with Gasteiger partial charge in [0, 0.05) is 0 Å². The number of hydrogen-bond acceptors (Lipinski definition) is 1. The van der Waals surface area contributed by atoms with Crippen molar-refractivity contribution in [1.82, 2.24) is 0 Å². The van der Waals surface area contributed by atoms with Crippen molar-refractivity contribution in [3.8, 4) is 0 Å². The summed E-state index contributed by atoms with van der Waals surface area (Å²) in [6.45, 7) is 0. The second kappa shape index (κ2) is 7.84. The molecule has 6 rings (SSSR count). The molecule has 0 saturated heterocycles. The maximum absolute atomic E-state index is 11.7. The van der Waals surface area contributed by atoms with E-state index >= 15 is 0 Å². The van der Waals surface area contributed by atoms with Crippen molar-refractivity contribution in [3.05, 3.63) is 0 Å². The quantitative estimate of drug-likeness (QED) is 0.679. The molecule has 1 N–H and O–H groups in total. The molecule has 6 aliphatic carbocycles. The van der Waals surface area contributed by atoms with Crippen LogP contribution < -0.4 is 0 Å². The highest BCUT2D eigenvalue weighted by molar-refractivity contribution is 5.70. The fourth-order valence-electron chi connectivity index (χ4n) is 5.57. The van der Waals surface area contributed by atoms with Crippen LogP contribution >= 0.6 is 0 Å². The van der Waals surface area contributed by atoms with Crippen molar-refractivity contribution in [1.29, 1.82) is 0 Å². The molecule has 2 heteroatoms. The predicted octanol–water partition coefficient (Wildman–Crippen LogP) is 5.65. The van der Waals surface area contributed by atoms with Crippen LogP contribution in [0.3, 0.4) is 0 Å². The highest BCUT2D eigenvalue weighted by atomic mass is 16.4. The van der Waals surface area contributed by atoms with Gasteiger partial charge in [0.05, 0.1) is 5.92 Å². The molecule has 6 saturated carbocycles. The maximum Gasteiger partial charge on any atom is 0.306 e. The summed E-state index contributed by atoms with van der Waals surface area (Å²) in [5.41, 5.74) is 0. The van der Waals surface area contributed by atoms with E-state index in [1.165, 1.54) is 83.5 Å². The highest BCUT2D eigenvalue weighted by Crippen LogP contribution is 2.41. The Balaban J connectivity index is 1.62. The Labute approximate surface area is 136 Å². The summed E-state index contributed by atoms with van der Waals surface area (Å²) in [4.78, 5) is 11.7. The molecular formula is C20H34O2. The molecule has 22 heavy (non-hydrogen) atoms. The Morgan fingerprint density at radius 1 is 0.636 bits per heavy atom. The molecule has 0 radical (unpaired) electrons. The average Bonchev–Trinajstić information content (AvgIpc) is 2.55. The lowest BCUT2D eigenvalue weighted by Gasteiger charge is -2.34. The van der Waals surface area contributed by atoms with Crippen LogP contribution in [0.1, 0.15) is 89.9 Å². The third kappa shape index (κ3) is 4.26. The van der Waals surface area contributed by atoms with E-state index in [0.717, 1.165) is 18.3 Å². The molecule has 6 aliphatic rings. The van der Waals surface area contributed by atoms with Gasteiger partial charge in [-0.05, 0) is 42.9 Å². The highest BCUT2D eigenvalue weighted by Gasteiger charge is 2.35. The molecule has 0 aromatic carbocycles. The standard InChI is InChI=1S/C20H34O2/c21-20(22)19-14-17-6-3-5-16-10-8-15(9-11-16)4-1-2-7-18(19)13-12-17/h15-19H,1-14H2,(H,21,22). The van der Waals surface area contributed by atoms with Gasteiger partial charge in [0.2, 0.25) is 0 Å². The van der Waals surface area contributed by atoms with Gasteiger partial charge >= 0.3 is 5.97 Å². The van der Waals surface area contributed by atoms with Gasteiger partial charge < -0.3 is 5.11 Å².